The number of ketones is 1. The van der Waals surface area contributed by atoms with Gasteiger partial charge in [-0.15, -0.1) is 0 Å². The summed E-state index contributed by atoms with van der Waals surface area (Å²) < 4.78 is 10.5. The van der Waals surface area contributed by atoms with E-state index in [-0.39, 0.29) is 5.78 Å². The lowest BCUT2D eigenvalue weighted by Crippen LogP contribution is -2.07. The summed E-state index contributed by atoms with van der Waals surface area (Å²) in [5.41, 5.74) is 2.95. The molecule has 0 aliphatic carbocycles. The van der Waals surface area contributed by atoms with Crippen molar-refractivity contribution in [3.8, 4) is 11.5 Å². The average Bonchev–Trinajstić information content (AvgIpc) is 2.48. The number of carbonyl (C=O) groups is 1. The Balaban J connectivity index is 2.51. The first kappa shape index (κ1) is 14.1. The number of nitrogens with zero attached hydrogens (tertiary/aromatic N) is 1. The summed E-state index contributed by atoms with van der Waals surface area (Å²) in [4.78, 5) is 16.6. The minimum absolute atomic E-state index is 0.0764. The van der Waals surface area contributed by atoms with Crippen molar-refractivity contribution < 1.29 is 14.3 Å². The quantitative estimate of drug-likeness (QED) is 0.802. The van der Waals surface area contributed by atoms with Gasteiger partial charge in [0.25, 0.3) is 0 Å². The van der Waals surface area contributed by atoms with Gasteiger partial charge in [0.15, 0.2) is 5.78 Å². The van der Waals surface area contributed by atoms with E-state index in [9.17, 15) is 4.79 Å². The molecule has 20 heavy (non-hydrogen) atoms. The summed E-state index contributed by atoms with van der Waals surface area (Å²) in [5, 5.41) is 0. The number of hydrogen-bond donors (Lipinski definition) is 0. The van der Waals surface area contributed by atoms with Gasteiger partial charge in [0.2, 0.25) is 0 Å². The van der Waals surface area contributed by atoms with Crippen LogP contribution in [0.5, 0.6) is 11.5 Å². The van der Waals surface area contributed by atoms with Crippen LogP contribution in [0.4, 0.5) is 0 Å². The minimum Gasteiger partial charge on any atom is -0.496 e. The maximum absolute atomic E-state index is 12.7. The first-order chi connectivity index (χ1) is 9.58. The van der Waals surface area contributed by atoms with Gasteiger partial charge in [-0.1, -0.05) is 0 Å². The van der Waals surface area contributed by atoms with Crippen LogP contribution in [-0.2, 0) is 0 Å². The van der Waals surface area contributed by atoms with Crippen molar-refractivity contribution in [2.45, 2.75) is 13.8 Å². The number of ether oxygens (including phenoxy) is 2. The molecule has 0 aliphatic rings. The minimum atomic E-state index is -0.0764. The van der Waals surface area contributed by atoms with Gasteiger partial charge in [-0.05, 0) is 43.2 Å². The second kappa shape index (κ2) is 5.74. The Labute approximate surface area is 118 Å². The monoisotopic (exact) mass is 271 g/mol. The molecule has 0 amide bonds. The molecule has 1 aromatic heterocycles. The fourth-order valence-electron chi connectivity index (χ4n) is 2.13. The zero-order valence-electron chi connectivity index (χ0n) is 12.1. The summed E-state index contributed by atoms with van der Waals surface area (Å²) in [6.45, 7) is 3.81. The number of methoxy groups -OCH3 is 2. The summed E-state index contributed by atoms with van der Waals surface area (Å²) in [7, 11) is 3.15. The van der Waals surface area contributed by atoms with Crippen LogP contribution in [0.1, 0.15) is 27.0 Å². The van der Waals surface area contributed by atoms with E-state index in [2.05, 4.69) is 4.98 Å². The van der Waals surface area contributed by atoms with Crippen molar-refractivity contribution in [3.63, 3.8) is 0 Å². The van der Waals surface area contributed by atoms with E-state index in [0.29, 0.717) is 16.9 Å². The number of benzene rings is 1. The normalized spacial score (nSPS) is 10.2. The Bertz CT molecular complexity index is 650. The van der Waals surface area contributed by atoms with Crippen molar-refractivity contribution in [1.29, 1.82) is 0 Å². The Morgan fingerprint density at radius 2 is 1.70 bits per heavy atom. The molecular formula is C16H17NO3. The summed E-state index contributed by atoms with van der Waals surface area (Å²) in [5.74, 6) is 1.18. The van der Waals surface area contributed by atoms with Crippen molar-refractivity contribution in [1.82, 2.24) is 4.98 Å². The molecule has 0 aliphatic heterocycles. The molecule has 104 valence electrons. The topological polar surface area (TPSA) is 48.4 Å². The molecule has 0 radical (unpaired) electrons. The lowest BCUT2D eigenvalue weighted by molar-refractivity contribution is 0.103. The van der Waals surface area contributed by atoms with Gasteiger partial charge in [-0.25, -0.2) is 0 Å². The predicted octanol–water partition coefficient (Wildman–Crippen LogP) is 2.95. The van der Waals surface area contributed by atoms with E-state index in [1.807, 2.05) is 26.0 Å². The number of aryl methyl sites for hydroxylation is 2. The van der Waals surface area contributed by atoms with Crippen molar-refractivity contribution in [2.75, 3.05) is 14.2 Å². The highest BCUT2D eigenvalue weighted by molar-refractivity contribution is 6.11. The van der Waals surface area contributed by atoms with Gasteiger partial charge < -0.3 is 9.47 Å². The van der Waals surface area contributed by atoms with E-state index in [1.54, 1.807) is 25.6 Å². The molecule has 1 aromatic carbocycles. The summed E-state index contributed by atoms with van der Waals surface area (Å²) in [6.07, 6.45) is 3.13. The van der Waals surface area contributed by atoms with E-state index < -0.39 is 0 Å². The molecule has 0 fully saturated rings. The van der Waals surface area contributed by atoms with E-state index in [0.717, 1.165) is 16.9 Å². The average molecular weight is 271 g/mol. The van der Waals surface area contributed by atoms with E-state index in [1.165, 1.54) is 7.11 Å². The van der Waals surface area contributed by atoms with Gasteiger partial charge in [-0.2, -0.15) is 0 Å². The third-order valence-electron chi connectivity index (χ3n) is 3.24. The van der Waals surface area contributed by atoms with Crippen LogP contribution in [-0.4, -0.2) is 25.0 Å². The second-order valence-corrected chi connectivity index (χ2v) is 4.54. The Kier molecular flexibility index (Phi) is 4.03. The molecule has 0 atom stereocenters. The number of rotatable bonds is 4. The Morgan fingerprint density at radius 1 is 1.00 bits per heavy atom. The third-order valence-corrected chi connectivity index (χ3v) is 3.24. The van der Waals surface area contributed by atoms with Gasteiger partial charge in [0, 0.05) is 11.8 Å². The fourth-order valence-corrected chi connectivity index (χ4v) is 2.13. The fraction of sp³-hybridized carbons (Fsp3) is 0.250. The van der Waals surface area contributed by atoms with Crippen LogP contribution in [0.25, 0.3) is 0 Å². The van der Waals surface area contributed by atoms with Crippen LogP contribution < -0.4 is 9.47 Å². The van der Waals surface area contributed by atoms with Gasteiger partial charge >= 0.3 is 0 Å². The maximum atomic E-state index is 12.7. The van der Waals surface area contributed by atoms with Crippen molar-refractivity contribution >= 4 is 5.78 Å². The Morgan fingerprint density at radius 3 is 2.35 bits per heavy atom. The third kappa shape index (κ3) is 2.50. The van der Waals surface area contributed by atoms with Crippen molar-refractivity contribution in [2.24, 2.45) is 0 Å². The first-order valence-corrected chi connectivity index (χ1v) is 6.26. The zero-order chi connectivity index (χ0) is 14.7. The van der Waals surface area contributed by atoms with E-state index >= 15 is 0 Å². The summed E-state index contributed by atoms with van der Waals surface area (Å²) >= 11 is 0. The SMILES string of the molecule is COc1cc(C)c(C(=O)c2ccncc2OC)cc1C. The molecule has 0 spiro atoms. The first-order valence-electron chi connectivity index (χ1n) is 6.26. The predicted molar refractivity (Wildman–Crippen MR) is 76.7 cm³/mol. The number of carbonyl (C=O) groups excluding carboxylic acids is 1. The van der Waals surface area contributed by atoms with Crippen molar-refractivity contribution in [3.05, 3.63) is 52.8 Å². The van der Waals surface area contributed by atoms with Crippen LogP contribution >= 0.6 is 0 Å². The second-order valence-electron chi connectivity index (χ2n) is 4.54. The molecule has 4 heteroatoms. The molecule has 0 bridgehead atoms. The molecule has 2 rings (SSSR count). The largest absolute Gasteiger partial charge is 0.496 e. The highest BCUT2D eigenvalue weighted by Crippen LogP contribution is 2.26. The van der Waals surface area contributed by atoms with Crippen LogP contribution in [0, 0.1) is 13.8 Å². The summed E-state index contributed by atoms with van der Waals surface area (Å²) in [6, 6.07) is 5.38. The van der Waals surface area contributed by atoms with Gasteiger partial charge in [-0.3, -0.25) is 9.78 Å². The molecule has 0 saturated heterocycles. The van der Waals surface area contributed by atoms with Crippen LogP contribution in [0.2, 0.25) is 0 Å². The highest BCUT2D eigenvalue weighted by atomic mass is 16.5. The smallest absolute Gasteiger partial charge is 0.197 e. The maximum Gasteiger partial charge on any atom is 0.197 e. The molecule has 0 saturated carbocycles. The van der Waals surface area contributed by atoms with Crippen LogP contribution in [0.15, 0.2) is 30.6 Å². The lowest BCUT2D eigenvalue weighted by Gasteiger charge is -2.12. The molecule has 0 N–H and O–H groups in total. The standard InChI is InChI=1S/C16H17NO3/c1-10-8-14(19-3)11(2)7-13(10)16(18)12-5-6-17-9-15(12)20-4/h5-9H,1-4H3. The molecule has 0 unspecified atom stereocenters. The van der Waals surface area contributed by atoms with E-state index in [4.69, 9.17) is 9.47 Å². The van der Waals surface area contributed by atoms with Crippen LogP contribution in [0.3, 0.4) is 0 Å². The molecular weight excluding hydrogens is 254 g/mol. The molecule has 1 heterocycles. The van der Waals surface area contributed by atoms with Gasteiger partial charge in [0.1, 0.15) is 11.5 Å². The number of hydrogen-bond acceptors (Lipinski definition) is 4. The number of aromatic nitrogens is 1. The highest BCUT2D eigenvalue weighted by Gasteiger charge is 2.17. The lowest BCUT2D eigenvalue weighted by atomic mass is 9.97. The molecule has 4 nitrogen and oxygen atoms in total. The Hall–Kier alpha value is -2.36. The number of pyridine rings is 1. The zero-order valence-corrected chi connectivity index (χ0v) is 12.1. The van der Waals surface area contributed by atoms with Gasteiger partial charge in [0.05, 0.1) is 26.0 Å². The molecule has 2 aromatic rings.